The summed E-state index contributed by atoms with van der Waals surface area (Å²) in [6.07, 6.45) is -4.63. The first-order valence-corrected chi connectivity index (χ1v) is 9.05. The van der Waals surface area contributed by atoms with Crippen molar-refractivity contribution in [3.05, 3.63) is 35.4 Å². The summed E-state index contributed by atoms with van der Waals surface area (Å²) in [6, 6.07) is 2.59. The van der Waals surface area contributed by atoms with Crippen LogP contribution in [0, 0.1) is 5.92 Å². The van der Waals surface area contributed by atoms with Crippen molar-refractivity contribution in [2.75, 3.05) is 13.7 Å². The largest absolute Gasteiger partial charge is 0.467 e. The molecule has 0 bridgehead atoms. The first kappa shape index (κ1) is 22.2. The molecule has 1 aromatic carbocycles. The lowest BCUT2D eigenvalue weighted by atomic mass is 10.0. The molecule has 1 saturated heterocycles. The van der Waals surface area contributed by atoms with Crippen molar-refractivity contribution in [3.8, 4) is 0 Å². The molecule has 0 radical (unpaired) electrons. The minimum atomic E-state index is -4.47. The second-order valence-corrected chi connectivity index (χ2v) is 7.12. The smallest absolute Gasteiger partial charge is 0.416 e. The Bertz CT molecular complexity index is 691. The van der Waals surface area contributed by atoms with Crippen LogP contribution in [0.15, 0.2) is 24.3 Å². The van der Waals surface area contributed by atoms with Gasteiger partial charge in [-0.1, -0.05) is 26.0 Å². The number of hydrogen-bond donors (Lipinski definition) is 2. The van der Waals surface area contributed by atoms with Gasteiger partial charge >= 0.3 is 12.1 Å². The van der Waals surface area contributed by atoms with Crippen molar-refractivity contribution in [2.45, 2.75) is 51.2 Å². The summed E-state index contributed by atoms with van der Waals surface area (Å²) in [6.45, 7) is 3.95. The number of halogens is 3. The Morgan fingerprint density at radius 1 is 1.25 bits per heavy atom. The lowest BCUT2D eigenvalue weighted by molar-refractivity contribution is -0.152. The standard InChI is InChI=1S/C19H25F3N2O4/c1-11(2)15(17(26)24-10-4-5-14(24)18(27)28-3)23-16(25)12-6-8-13(9-7-12)19(20,21)22/h6-9,11,14-16,23,25H,4-5,10H2,1-3H3/t14-,15?,16?/m0/s1. The predicted octanol–water partition coefficient (Wildman–Crippen LogP) is 2.47. The molecule has 2 rings (SSSR count). The molecule has 1 heterocycles. The number of ether oxygens (including phenoxy) is 1. The predicted molar refractivity (Wildman–Crippen MR) is 94.9 cm³/mol. The average Bonchev–Trinajstić information content (AvgIpc) is 3.13. The molecule has 1 aromatic rings. The van der Waals surface area contributed by atoms with Gasteiger partial charge in [0.2, 0.25) is 5.91 Å². The van der Waals surface area contributed by atoms with E-state index in [0.29, 0.717) is 19.4 Å². The van der Waals surface area contributed by atoms with Gasteiger partial charge in [0.25, 0.3) is 0 Å². The van der Waals surface area contributed by atoms with Crippen LogP contribution < -0.4 is 5.32 Å². The van der Waals surface area contributed by atoms with Gasteiger partial charge in [-0.15, -0.1) is 0 Å². The van der Waals surface area contributed by atoms with E-state index in [0.717, 1.165) is 24.3 Å². The molecule has 3 atom stereocenters. The number of hydrogen-bond acceptors (Lipinski definition) is 5. The van der Waals surface area contributed by atoms with Gasteiger partial charge in [-0.2, -0.15) is 13.2 Å². The highest BCUT2D eigenvalue weighted by atomic mass is 19.4. The minimum absolute atomic E-state index is 0.206. The van der Waals surface area contributed by atoms with E-state index in [-0.39, 0.29) is 17.4 Å². The third-order valence-electron chi connectivity index (χ3n) is 4.83. The quantitative estimate of drug-likeness (QED) is 0.565. The van der Waals surface area contributed by atoms with E-state index >= 15 is 0 Å². The summed E-state index contributed by atoms with van der Waals surface area (Å²) in [4.78, 5) is 26.3. The molecular formula is C19H25F3N2O4. The third-order valence-corrected chi connectivity index (χ3v) is 4.83. The van der Waals surface area contributed by atoms with Crippen LogP contribution in [0.5, 0.6) is 0 Å². The number of aliphatic hydroxyl groups excluding tert-OH is 1. The molecular weight excluding hydrogens is 377 g/mol. The number of alkyl halides is 3. The monoisotopic (exact) mass is 402 g/mol. The Morgan fingerprint density at radius 3 is 2.36 bits per heavy atom. The second kappa shape index (κ2) is 8.91. The first-order valence-electron chi connectivity index (χ1n) is 9.05. The number of carbonyl (C=O) groups is 2. The molecule has 1 fully saturated rings. The maximum absolute atomic E-state index is 13.0. The van der Waals surface area contributed by atoms with Crippen LogP contribution in [0.25, 0.3) is 0 Å². The van der Waals surface area contributed by atoms with Gasteiger partial charge in [-0.05, 0) is 36.5 Å². The Labute approximate surface area is 161 Å². The molecule has 9 heteroatoms. The van der Waals surface area contributed by atoms with Gasteiger partial charge in [-0.3, -0.25) is 10.1 Å². The van der Waals surface area contributed by atoms with E-state index in [4.69, 9.17) is 4.74 Å². The van der Waals surface area contributed by atoms with Gasteiger partial charge in [-0.25, -0.2) is 4.79 Å². The number of carbonyl (C=O) groups excluding carboxylic acids is 2. The van der Waals surface area contributed by atoms with Crippen LogP contribution in [0.3, 0.4) is 0 Å². The van der Waals surface area contributed by atoms with Gasteiger partial charge in [0.15, 0.2) is 0 Å². The van der Waals surface area contributed by atoms with Crippen molar-refractivity contribution < 1.29 is 32.6 Å². The molecule has 0 aromatic heterocycles. The molecule has 28 heavy (non-hydrogen) atoms. The van der Waals surface area contributed by atoms with E-state index in [1.54, 1.807) is 13.8 Å². The minimum Gasteiger partial charge on any atom is -0.467 e. The zero-order valence-corrected chi connectivity index (χ0v) is 16.0. The molecule has 1 amide bonds. The van der Waals surface area contributed by atoms with E-state index < -0.39 is 36.0 Å². The molecule has 0 spiro atoms. The van der Waals surface area contributed by atoms with Crippen LogP contribution in [0.2, 0.25) is 0 Å². The van der Waals surface area contributed by atoms with Gasteiger partial charge in [0.05, 0.1) is 18.7 Å². The normalized spacial score (nSPS) is 19.6. The molecule has 0 aliphatic carbocycles. The summed E-state index contributed by atoms with van der Waals surface area (Å²) < 4.78 is 42.8. The number of nitrogens with one attached hydrogen (secondary N) is 1. The molecule has 1 aliphatic heterocycles. The van der Waals surface area contributed by atoms with E-state index in [1.165, 1.54) is 12.0 Å². The zero-order chi connectivity index (χ0) is 21.1. The molecule has 1 aliphatic rings. The van der Waals surface area contributed by atoms with Crippen LogP contribution in [-0.4, -0.2) is 47.6 Å². The van der Waals surface area contributed by atoms with Crippen molar-refractivity contribution >= 4 is 11.9 Å². The SMILES string of the molecule is COC(=O)[C@@H]1CCCN1C(=O)C(NC(O)c1ccc(C(F)(F)F)cc1)C(C)C. The first-order chi connectivity index (χ1) is 13.1. The Morgan fingerprint density at radius 2 is 1.86 bits per heavy atom. The van der Waals surface area contributed by atoms with E-state index in [2.05, 4.69) is 5.32 Å². The number of aliphatic hydroxyl groups is 1. The molecule has 0 saturated carbocycles. The van der Waals surface area contributed by atoms with Gasteiger partial charge in [0, 0.05) is 6.54 Å². The van der Waals surface area contributed by atoms with Crippen LogP contribution in [0.4, 0.5) is 13.2 Å². The molecule has 6 nitrogen and oxygen atoms in total. The number of methoxy groups -OCH3 is 1. The second-order valence-electron chi connectivity index (χ2n) is 7.12. The maximum atomic E-state index is 13.0. The fraction of sp³-hybridized carbons (Fsp3) is 0.579. The molecule has 2 N–H and O–H groups in total. The highest BCUT2D eigenvalue weighted by Crippen LogP contribution is 2.30. The van der Waals surface area contributed by atoms with Crippen molar-refractivity contribution in [2.24, 2.45) is 5.92 Å². The van der Waals surface area contributed by atoms with Gasteiger partial charge in [0.1, 0.15) is 12.3 Å². The Balaban J connectivity index is 2.13. The molecule has 156 valence electrons. The lowest BCUT2D eigenvalue weighted by Gasteiger charge is -2.31. The summed E-state index contributed by atoms with van der Waals surface area (Å²) in [7, 11) is 1.26. The topological polar surface area (TPSA) is 78.9 Å². The van der Waals surface area contributed by atoms with Crippen LogP contribution in [0.1, 0.15) is 44.0 Å². The lowest BCUT2D eigenvalue weighted by Crippen LogP contribution is -2.53. The molecule has 2 unspecified atom stereocenters. The Kier molecular flexibility index (Phi) is 7.06. The number of benzene rings is 1. The highest BCUT2D eigenvalue weighted by Gasteiger charge is 2.39. The van der Waals surface area contributed by atoms with Crippen molar-refractivity contribution in [1.29, 1.82) is 0 Å². The summed E-state index contributed by atoms with van der Waals surface area (Å²) in [5, 5.41) is 13.2. The number of esters is 1. The fourth-order valence-electron chi connectivity index (χ4n) is 3.26. The van der Waals surface area contributed by atoms with E-state index in [1.807, 2.05) is 0 Å². The van der Waals surface area contributed by atoms with Crippen molar-refractivity contribution in [1.82, 2.24) is 10.2 Å². The maximum Gasteiger partial charge on any atom is 0.416 e. The average molecular weight is 402 g/mol. The summed E-state index contributed by atoms with van der Waals surface area (Å²) in [5.74, 6) is -1.07. The fourth-order valence-corrected chi connectivity index (χ4v) is 3.26. The number of likely N-dealkylation sites (tertiary alicyclic amines) is 1. The Hall–Kier alpha value is -2.13. The van der Waals surface area contributed by atoms with Crippen molar-refractivity contribution in [3.63, 3.8) is 0 Å². The third kappa shape index (κ3) is 5.02. The van der Waals surface area contributed by atoms with E-state index in [9.17, 15) is 27.9 Å². The van der Waals surface area contributed by atoms with Crippen LogP contribution >= 0.6 is 0 Å². The number of amides is 1. The zero-order valence-electron chi connectivity index (χ0n) is 16.0. The van der Waals surface area contributed by atoms with Gasteiger partial charge < -0.3 is 14.7 Å². The van der Waals surface area contributed by atoms with Crippen LogP contribution in [-0.2, 0) is 20.5 Å². The number of rotatable bonds is 6. The summed E-state index contributed by atoms with van der Waals surface area (Å²) >= 11 is 0. The number of nitrogens with zero attached hydrogens (tertiary/aromatic N) is 1. The highest BCUT2D eigenvalue weighted by molar-refractivity contribution is 5.88. The summed E-state index contributed by atoms with van der Waals surface area (Å²) in [5.41, 5.74) is -0.615.